The number of carbonyl (C=O) groups excluding carboxylic acids is 2. The molecule has 6 fully saturated rings. The van der Waals surface area contributed by atoms with Gasteiger partial charge in [-0.25, -0.2) is 4.79 Å². The van der Waals surface area contributed by atoms with Gasteiger partial charge in [0.05, 0.1) is 18.8 Å². The summed E-state index contributed by atoms with van der Waals surface area (Å²) in [5.41, 5.74) is 2.25. The van der Waals surface area contributed by atoms with Crippen molar-refractivity contribution in [3.8, 4) is 0 Å². The lowest BCUT2D eigenvalue weighted by Crippen LogP contribution is -2.60. The number of amides is 3. The first kappa shape index (κ1) is 24.0. The lowest BCUT2D eigenvalue weighted by atomic mass is 9.53. The maximum Gasteiger partial charge on any atom is 0.319 e. The van der Waals surface area contributed by atoms with E-state index >= 15 is 0 Å². The molecule has 8 heteroatoms. The lowest BCUT2D eigenvalue weighted by Gasteiger charge is -2.56. The molecule has 1 aromatic carbocycles. The van der Waals surface area contributed by atoms with Crippen molar-refractivity contribution in [1.82, 2.24) is 15.5 Å². The van der Waals surface area contributed by atoms with Gasteiger partial charge in [0.15, 0.2) is 0 Å². The lowest BCUT2D eigenvalue weighted by molar-refractivity contribution is -0.0127. The van der Waals surface area contributed by atoms with Crippen LogP contribution in [0.4, 0.5) is 16.2 Å². The highest BCUT2D eigenvalue weighted by molar-refractivity contribution is 6.02. The van der Waals surface area contributed by atoms with Crippen LogP contribution in [0, 0.1) is 17.8 Å². The van der Waals surface area contributed by atoms with Crippen molar-refractivity contribution in [1.29, 1.82) is 0 Å². The molecule has 0 aromatic heterocycles. The molecular formula is C28H41N5O3. The number of ether oxygens (including phenoxy) is 1. The van der Waals surface area contributed by atoms with E-state index in [1.54, 1.807) is 0 Å². The smallest absolute Gasteiger partial charge is 0.319 e. The van der Waals surface area contributed by atoms with Crippen molar-refractivity contribution >= 4 is 23.3 Å². The van der Waals surface area contributed by atoms with Crippen LogP contribution in [0.25, 0.3) is 0 Å². The maximum atomic E-state index is 13.3. The Balaban J connectivity index is 1.12. The molecule has 2 heterocycles. The average molecular weight is 496 g/mol. The molecule has 6 aliphatic rings. The molecule has 36 heavy (non-hydrogen) atoms. The Morgan fingerprint density at radius 1 is 0.944 bits per heavy atom. The van der Waals surface area contributed by atoms with Crippen LogP contribution >= 0.6 is 0 Å². The van der Waals surface area contributed by atoms with E-state index in [-0.39, 0.29) is 17.5 Å². The number of hydrogen-bond donors (Lipinski definition) is 3. The normalized spacial score (nSPS) is 31.4. The summed E-state index contributed by atoms with van der Waals surface area (Å²) < 4.78 is 5.42. The van der Waals surface area contributed by atoms with Gasteiger partial charge in [0, 0.05) is 56.2 Å². The summed E-state index contributed by atoms with van der Waals surface area (Å²) in [4.78, 5) is 31.0. The molecule has 3 N–H and O–H groups in total. The number of urea groups is 1. The summed E-state index contributed by atoms with van der Waals surface area (Å²) in [5.74, 6) is 2.27. The first-order valence-corrected chi connectivity index (χ1v) is 14.1. The van der Waals surface area contributed by atoms with Crippen LogP contribution in [-0.4, -0.2) is 74.9 Å². The Hall–Kier alpha value is -2.32. The zero-order valence-corrected chi connectivity index (χ0v) is 21.4. The molecule has 0 spiro atoms. The second-order valence-corrected chi connectivity index (χ2v) is 11.9. The van der Waals surface area contributed by atoms with Gasteiger partial charge in [0.25, 0.3) is 5.91 Å². The Morgan fingerprint density at radius 2 is 1.61 bits per heavy atom. The average Bonchev–Trinajstić information content (AvgIpc) is 3.38. The minimum Gasteiger partial charge on any atom is -0.379 e. The first-order chi connectivity index (χ1) is 17.6. The monoisotopic (exact) mass is 495 g/mol. The van der Waals surface area contributed by atoms with Gasteiger partial charge in [-0.05, 0) is 87.3 Å². The van der Waals surface area contributed by atoms with Gasteiger partial charge in [-0.1, -0.05) is 0 Å². The van der Waals surface area contributed by atoms with Gasteiger partial charge in [-0.15, -0.1) is 0 Å². The third-order valence-electron chi connectivity index (χ3n) is 9.18. The highest BCUT2D eigenvalue weighted by Crippen LogP contribution is 2.55. The molecule has 3 amide bonds. The Morgan fingerprint density at radius 3 is 2.28 bits per heavy atom. The van der Waals surface area contributed by atoms with Crippen LogP contribution in [0.3, 0.4) is 0 Å². The van der Waals surface area contributed by atoms with Crippen molar-refractivity contribution in [2.45, 2.75) is 56.9 Å². The molecule has 2 aliphatic heterocycles. The van der Waals surface area contributed by atoms with E-state index in [9.17, 15) is 9.59 Å². The zero-order valence-electron chi connectivity index (χ0n) is 21.4. The summed E-state index contributed by atoms with van der Waals surface area (Å²) in [6.07, 6.45) is 9.71. The van der Waals surface area contributed by atoms with E-state index in [1.165, 1.54) is 19.3 Å². The predicted octanol–water partition coefficient (Wildman–Crippen LogP) is 3.44. The molecule has 1 aromatic rings. The van der Waals surface area contributed by atoms with Gasteiger partial charge in [-0.3, -0.25) is 9.69 Å². The van der Waals surface area contributed by atoms with E-state index in [0.29, 0.717) is 17.8 Å². The molecule has 196 valence electrons. The predicted molar refractivity (Wildman–Crippen MR) is 141 cm³/mol. The molecule has 7 rings (SSSR count). The molecule has 2 saturated heterocycles. The quantitative estimate of drug-likeness (QED) is 0.540. The van der Waals surface area contributed by atoms with E-state index in [0.717, 1.165) is 101 Å². The second kappa shape index (κ2) is 10.2. The largest absolute Gasteiger partial charge is 0.379 e. The minimum absolute atomic E-state index is 0.0337. The highest BCUT2D eigenvalue weighted by Gasteiger charge is 2.51. The second-order valence-electron chi connectivity index (χ2n) is 11.9. The van der Waals surface area contributed by atoms with Crippen molar-refractivity contribution in [3.63, 3.8) is 0 Å². The van der Waals surface area contributed by atoms with Crippen LogP contribution in [0.1, 0.15) is 61.7 Å². The number of benzene rings is 1. The van der Waals surface area contributed by atoms with Crippen molar-refractivity contribution < 1.29 is 14.3 Å². The van der Waals surface area contributed by atoms with Gasteiger partial charge in [-0.2, -0.15) is 0 Å². The molecule has 0 atom stereocenters. The number of nitrogens with zero attached hydrogens (tertiary/aromatic N) is 2. The van der Waals surface area contributed by atoms with Crippen LogP contribution in [0.2, 0.25) is 0 Å². The fraction of sp³-hybridized carbons (Fsp3) is 0.714. The SMILES string of the molecule is O=C(Nc1ccc(N2CCCC2)c(C(=O)NCCN2CCOCC2)c1)NC12CC3CC(CC(C3)C1)C2. The van der Waals surface area contributed by atoms with Gasteiger partial charge in [0.2, 0.25) is 0 Å². The first-order valence-electron chi connectivity index (χ1n) is 14.1. The molecule has 0 unspecified atom stereocenters. The molecule has 4 bridgehead atoms. The fourth-order valence-electron chi connectivity index (χ4n) is 7.94. The maximum absolute atomic E-state index is 13.3. The number of rotatable bonds is 7. The Bertz CT molecular complexity index is 935. The van der Waals surface area contributed by atoms with Crippen LogP contribution in [0.5, 0.6) is 0 Å². The number of anilines is 2. The summed E-state index contributed by atoms with van der Waals surface area (Å²) in [7, 11) is 0. The molecule has 4 aliphatic carbocycles. The zero-order chi connectivity index (χ0) is 24.5. The topological polar surface area (TPSA) is 85.9 Å². The number of morpholine rings is 1. The van der Waals surface area contributed by atoms with Gasteiger partial charge in [0.1, 0.15) is 0 Å². The van der Waals surface area contributed by atoms with Crippen LogP contribution < -0.4 is 20.9 Å². The number of carbonyl (C=O) groups is 2. The van der Waals surface area contributed by atoms with Gasteiger partial charge < -0.3 is 25.6 Å². The summed E-state index contributed by atoms with van der Waals surface area (Å²) in [6, 6.07) is 5.67. The molecule has 0 radical (unpaired) electrons. The van der Waals surface area contributed by atoms with E-state index < -0.39 is 0 Å². The molecule has 4 saturated carbocycles. The summed E-state index contributed by atoms with van der Waals surface area (Å²) >= 11 is 0. The van der Waals surface area contributed by atoms with E-state index in [4.69, 9.17) is 4.74 Å². The number of nitrogens with one attached hydrogen (secondary N) is 3. The van der Waals surface area contributed by atoms with Crippen LogP contribution in [0.15, 0.2) is 18.2 Å². The number of hydrogen-bond acceptors (Lipinski definition) is 5. The Labute approximate surface area is 214 Å². The minimum atomic E-state index is -0.135. The van der Waals surface area contributed by atoms with Crippen molar-refractivity contribution in [2.24, 2.45) is 17.8 Å². The van der Waals surface area contributed by atoms with Crippen molar-refractivity contribution in [2.75, 3.05) is 62.7 Å². The molecular weight excluding hydrogens is 454 g/mol. The standard InChI is InChI=1S/C28H41N5O3/c34-26(29-5-8-32-9-11-36-12-10-32)24-16-23(3-4-25(24)33-6-1-2-7-33)30-27(35)31-28-17-20-13-21(18-28)15-22(14-20)19-28/h3-4,16,20-22H,1-2,5-15,17-19H2,(H,29,34)(H2,30,31,35). The summed E-state index contributed by atoms with van der Waals surface area (Å²) in [6.45, 7) is 6.68. The summed E-state index contributed by atoms with van der Waals surface area (Å²) in [5, 5.41) is 9.57. The Kier molecular flexibility index (Phi) is 6.82. The van der Waals surface area contributed by atoms with Gasteiger partial charge >= 0.3 is 6.03 Å². The van der Waals surface area contributed by atoms with E-state index in [2.05, 4.69) is 25.8 Å². The fourth-order valence-corrected chi connectivity index (χ4v) is 7.94. The highest BCUT2D eigenvalue weighted by atomic mass is 16.5. The molecule has 8 nitrogen and oxygen atoms in total. The third-order valence-corrected chi connectivity index (χ3v) is 9.18. The third kappa shape index (κ3) is 5.21. The van der Waals surface area contributed by atoms with Crippen molar-refractivity contribution in [3.05, 3.63) is 23.8 Å². The van der Waals surface area contributed by atoms with Crippen LogP contribution in [-0.2, 0) is 4.74 Å². The van der Waals surface area contributed by atoms with E-state index in [1.807, 2.05) is 18.2 Å².